The number of rotatable bonds is 5. The maximum absolute atomic E-state index is 11.9. The van der Waals surface area contributed by atoms with E-state index in [9.17, 15) is 13.2 Å². The van der Waals surface area contributed by atoms with Gasteiger partial charge in [0.05, 0.1) is 5.75 Å². The topological polar surface area (TPSA) is 66.5 Å². The summed E-state index contributed by atoms with van der Waals surface area (Å²) in [5.41, 5.74) is 0. The maximum Gasteiger partial charge on any atom is 0.221 e. The lowest BCUT2D eigenvalue weighted by Gasteiger charge is -2.18. The molecule has 1 saturated heterocycles. The number of alkyl halides is 1. The van der Waals surface area contributed by atoms with Crippen molar-refractivity contribution < 1.29 is 13.2 Å². The Balaban J connectivity index is 2.50. The van der Waals surface area contributed by atoms with Gasteiger partial charge in [0.1, 0.15) is 0 Å². The van der Waals surface area contributed by atoms with Gasteiger partial charge in [-0.05, 0) is 12.8 Å². The summed E-state index contributed by atoms with van der Waals surface area (Å²) in [5.74, 6) is 0.516. The highest BCUT2D eigenvalue weighted by Gasteiger charge is 2.24. The first-order valence-corrected chi connectivity index (χ1v) is 7.51. The van der Waals surface area contributed by atoms with Crippen molar-refractivity contribution in [1.29, 1.82) is 0 Å². The van der Waals surface area contributed by atoms with Crippen LogP contribution in [0.5, 0.6) is 0 Å². The largest absolute Gasteiger partial charge is 0.355 e. The van der Waals surface area contributed by atoms with E-state index in [2.05, 4.69) is 5.32 Å². The van der Waals surface area contributed by atoms with Gasteiger partial charge in [-0.25, -0.2) is 8.42 Å². The Morgan fingerprint density at radius 1 is 1.31 bits per heavy atom. The van der Waals surface area contributed by atoms with Gasteiger partial charge in [-0.2, -0.15) is 4.31 Å². The van der Waals surface area contributed by atoms with Crippen molar-refractivity contribution in [2.45, 2.75) is 19.3 Å². The number of halogens is 1. The zero-order valence-electron chi connectivity index (χ0n) is 9.12. The molecule has 0 aromatic rings. The Morgan fingerprint density at radius 3 is 2.75 bits per heavy atom. The number of hydrogen-bond donors (Lipinski definition) is 1. The standard InChI is InChI=1S/C9H17ClN2O3S/c10-4-1-2-8-16(14,15)12-6-3-9(13)11-5-7-12/h1-8H2,(H,11,13). The van der Waals surface area contributed by atoms with Crippen molar-refractivity contribution in [1.82, 2.24) is 9.62 Å². The molecule has 1 amide bonds. The fourth-order valence-corrected chi connectivity index (χ4v) is 3.29. The molecule has 1 fully saturated rings. The lowest BCUT2D eigenvalue weighted by Crippen LogP contribution is -2.35. The molecule has 0 atom stereocenters. The second-order valence-electron chi connectivity index (χ2n) is 3.71. The molecule has 1 aliphatic rings. The van der Waals surface area contributed by atoms with E-state index in [1.54, 1.807) is 0 Å². The molecule has 94 valence electrons. The Kier molecular flexibility index (Phi) is 5.51. The number of unbranched alkanes of at least 4 members (excludes halogenated alkanes) is 1. The molecule has 16 heavy (non-hydrogen) atoms. The van der Waals surface area contributed by atoms with Gasteiger partial charge in [0.15, 0.2) is 0 Å². The molecule has 1 rings (SSSR count). The molecular formula is C9H17ClN2O3S. The molecule has 0 unspecified atom stereocenters. The SMILES string of the molecule is O=C1CCN(S(=O)(=O)CCCCCl)CCN1. The number of sulfonamides is 1. The number of carbonyl (C=O) groups is 1. The zero-order valence-corrected chi connectivity index (χ0v) is 10.7. The highest BCUT2D eigenvalue weighted by molar-refractivity contribution is 7.89. The quantitative estimate of drug-likeness (QED) is 0.570. The molecular weight excluding hydrogens is 252 g/mol. The summed E-state index contributed by atoms with van der Waals surface area (Å²) in [4.78, 5) is 11.1. The summed E-state index contributed by atoms with van der Waals surface area (Å²) < 4.78 is 25.1. The summed E-state index contributed by atoms with van der Waals surface area (Å²) in [6.07, 6.45) is 1.52. The number of nitrogens with zero attached hydrogens (tertiary/aromatic N) is 1. The van der Waals surface area contributed by atoms with E-state index in [4.69, 9.17) is 11.6 Å². The fraction of sp³-hybridized carbons (Fsp3) is 0.889. The fourth-order valence-electron chi connectivity index (χ4n) is 1.53. The van der Waals surface area contributed by atoms with Gasteiger partial charge in [-0.1, -0.05) is 0 Å². The first-order valence-electron chi connectivity index (χ1n) is 5.37. The molecule has 1 aliphatic heterocycles. The van der Waals surface area contributed by atoms with Crippen molar-refractivity contribution in [2.24, 2.45) is 0 Å². The van der Waals surface area contributed by atoms with E-state index < -0.39 is 10.0 Å². The average molecular weight is 269 g/mol. The monoisotopic (exact) mass is 268 g/mol. The highest BCUT2D eigenvalue weighted by atomic mass is 35.5. The molecule has 0 spiro atoms. The molecule has 0 bridgehead atoms. The third-order valence-corrected chi connectivity index (χ3v) is 4.67. The van der Waals surface area contributed by atoms with Gasteiger partial charge >= 0.3 is 0 Å². The lowest BCUT2D eigenvalue weighted by molar-refractivity contribution is -0.120. The highest BCUT2D eigenvalue weighted by Crippen LogP contribution is 2.08. The minimum Gasteiger partial charge on any atom is -0.355 e. The normalized spacial score (nSPS) is 19.2. The smallest absolute Gasteiger partial charge is 0.221 e. The van der Waals surface area contributed by atoms with E-state index in [1.807, 2.05) is 0 Å². The second-order valence-corrected chi connectivity index (χ2v) is 6.18. The summed E-state index contributed by atoms with van der Waals surface area (Å²) in [6, 6.07) is 0. The minimum absolute atomic E-state index is 0.0848. The summed E-state index contributed by atoms with van der Waals surface area (Å²) in [6.45, 7) is 1.05. The van der Waals surface area contributed by atoms with Crippen LogP contribution < -0.4 is 5.32 Å². The second kappa shape index (κ2) is 6.42. The van der Waals surface area contributed by atoms with Crippen molar-refractivity contribution in [3.63, 3.8) is 0 Å². The molecule has 0 aliphatic carbocycles. The predicted molar refractivity (Wildman–Crippen MR) is 62.9 cm³/mol. The number of carbonyl (C=O) groups excluding carboxylic acids is 1. The summed E-state index contributed by atoms with van der Waals surface area (Å²) >= 11 is 5.50. The van der Waals surface area contributed by atoms with Crippen LogP contribution in [-0.4, -0.2) is 49.9 Å². The van der Waals surface area contributed by atoms with Crippen LogP contribution in [0.1, 0.15) is 19.3 Å². The van der Waals surface area contributed by atoms with E-state index in [0.29, 0.717) is 31.8 Å². The van der Waals surface area contributed by atoms with Crippen LogP contribution in [-0.2, 0) is 14.8 Å². The molecule has 1 heterocycles. The van der Waals surface area contributed by atoms with Crippen LogP contribution in [0.2, 0.25) is 0 Å². The van der Waals surface area contributed by atoms with Crippen LogP contribution in [0, 0.1) is 0 Å². The van der Waals surface area contributed by atoms with Crippen LogP contribution in [0.3, 0.4) is 0 Å². The van der Waals surface area contributed by atoms with Gasteiger partial charge in [0.2, 0.25) is 15.9 Å². The average Bonchev–Trinajstić information content (AvgIpc) is 2.43. The van der Waals surface area contributed by atoms with E-state index >= 15 is 0 Å². The summed E-state index contributed by atoms with van der Waals surface area (Å²) in [7, 11) is -3.22. The third-order valence-electron chi connectivity index (χ3n) is 2.45. The molecule has 5 nitrogen and oxygen atoms in total. The molecule has 0 saturated carbocycles. The lowest BCUT2D eigenvalue weighted by atomic mass is 10.4. The van der Waals surface area contributed by atoms with Crippen molar-refractivity contribution in [2.75, 3.05) is 31.3 Å². The van der Waals surface area contributed by atoms with E-state index in [1.165, 1.54) is 4.31 Å². The molecule has 0 aromatic carbocycles. The van der Waals surface area contributed by atoms with Gasteiger partial charge in [-0.3, -0.25) is 4.79 Å². The Bertz CT molecular complexity index is 332. The number of nitrogens with one attached hydrogen (secondary N) is 1. The van der Waals surface area contributed by atoms with E-state index in [-0.39, 0.29) is 24.6 Å². The van der Waals surface area contributed by atoms with Gasteiger partial charge < -0.3 is 5.32 Å². The third kappa shape index (κ3) is 4.27. The van der Waals surface area contributed by atoms with Crippen molar-refractivity contribution in [3.8, 4) is 0 Å². The Morgan fingerprint density at radius 2 is 2.06 bits per heavy atom. The van der Waals surface area contributed by atoms with Gasteiger partial charge in [0.25, 0.3) is 0 Å². The molecule has 0 radical (unpaired) electrons. The molecule has 1 N–H and O–H groups in total. The van der Waals surface area contributed by atoms with Crippen molar-refractivity contribution >= 4 is 27.5 Å². The Hall–Kier alpha value is -0.330. The number of hydrogen-bond acceptors (Lipinski definition) is 3. The van der Waals surface area contributed by atoms with Crippen LogP contribution in [0.25, 0.3) is 0 Å². The van der Waals surface area contributed by atoms with Gasteiger partial charge in [0, 0.05) is 31.9 Å². The summed E-state index contributed by atoms with van der Waals surface area (Å²) in [5, 5.41) is 2.65. The minimum atomic E-state index is -3.22. The van der Waals surface area contributed by atoms with Crippen LogP contribution in [0.4, 0.5) is 0 Å². The molecule has 7 heteroatoms. The Labute approximate surface area is 101 Å². The van der Waals surface area contributed by atoms with E-state index in [0.717, 1.165) is 0 Å². The van der Waals surface area contributed by atoms with Crippen LogP contribution in [0.15, 0.2) is 0 Å². The predicted octanol–water partition coefficient (Wildman–Crippen LogP) is 0.157. The van der Waals surface area contributed by atoms with Crippen LogP contribution >= 0.6 is 11.6 Å². The number of amides is 1. The zero-order chi connectivity index (χ0) is 12.0. The molecule has 0 aromatic heterocycles. The maximum atomic E-state index is 11.9. The first kappa shape index (κ1) is 13.7. The first-order chi connectivity index (χ1) is 7.56. The van der Waals surface area contributed by atoms with Crippen molar-refractivity contribution in [3.05, 3.63) is 0 Å². The van der Waals surface area contributed by atoms with Gasteiger partial charge in [-0.15, -0.1) is 11.6 Å².